The molecule has 3 aromatic heterocycles. The Labute approximate surface area is 279 Å². The van der Waals surface area contributed by atoms with E-state index >= 15 is 0 Å². The fraction of sp³-hybridized carbons (Fsp3) is 0.750. The number of rotatable bonds is 9. The maximum Gasteiger partial charge on any atom is 0.192 e. The zero-order valence-electron chi connectivity index (χ0n) is 31.1. The first-order chi connectivity index (χ1) is 20.8. The molecule has 11 nitrogen and oxygen atoms in total. The zero-order valence-corrected chi connectivity index (χ0v) is 34.1. The lowest BCUT2D eigenvalue weighted by Gasteiger charge is -2.44. The summed E-state index contributed by atoms with van der Waals surface area (Å²) in [6.07, 6.45) is 3.62. The molecular formula is C32H59N7O4Si3. The van der Waals surface area contributed by atoms with Crippen LogP contribution in [0.1, 0.15) is 68.5 Å². The monoisotopic (exact) mass is 689 g/mol. The summed E-state index contributed by atoms with van der Waals surface area (Å²) in [4.78, 5) is 14.2. The van der Waals surface area contributed by atoms with Crippen molar-refractivity contribution < 1.29 is 18.0 Å². The standard InChI is InChI=1S/C32H59N7O4Si3/c1-30(2,3)44(11,12)40-19-22-24(42-45(13,14)31(4,5)6)25(43-46(15,16)32(7,8)9)29(41-22)39-20-34-23-26(33)36-27(37-28(23)39)21-17-35-38(10)18-21/h17-18,20,22,24-25,29H,19H2,1-16H3,(H2,33,36,37). The van der Waals surface area contributed by atoms with Crippen LogP contribution < -0.4 is 5.73 Å². The van der Waals surface area contributed by atoms with Gasteiger partial charge >= 0.3 is 0 Å². The summed E-state index contributed by atoms with van der Waals surface area (Å²) in [5, 5.41) is 4.31. The third-order valence-corrected chi connectivity index (χ3v) is 24.3. The van der Waals surface area contributed by atoms with Gasteiger partial charge in [0, 0.05) is 13.2 Å². The minimum absolute atomic E-state index is 0.0144. The third kappa shape index (κ3) is 7.22. The highest BCUT2D eigenvalue weighted by atomic mass is 28.4. The number of ether oxygens (including phenoxy) is 1. The third-order valence-electron chi connectivity index (χ3n) is 10.9. The predicted molar refractivity (Wildman–Crippen MR) is 193 cm³/mol. The lowest BCUT2D eigenvalue weighted by molar-refractivity contribution is -0.0470. The van der Waals surface area contributed by atoms with Crippen molar-refractivity contribution in [1.29, 1.82) is 0 Å². The fourth-order valence-electron chi connectivity index (χ4n) is 4.67. The number of fused-ring (bicyclic) bond motifs is 1. The van der Waals surface area contributed by atoms with Gasteiger partial charge in [-0.1, -0.05) is 62.3 Å². The Morgan fingerprint density at radius 1 is 0.826 bits per heavy atom. The Kier molecular flexibility index (Phi) is 9.77. The maximum absolute atomic E-state index is 7.33. The minimum atomic E-state index is -2.32. The van der Waals surface area contributed by atoms with Gasteiger partial charge in [0.1, 0.15) is 23.8 Å². The maximum atomic E-state index is 7.33. The highest BCUT2D eigenvalue weighted by Crippen LogP contribution is 2.47. The van der Waals surface area contributed by atoms with Crippen molar-refractivity contribution in [3.8, 4) is 11.4 Å². The second kappa shape index (κ2) is 12.2. The second-order valence-corrected chi connectivity index (χ2v) is 31.8. The summed E-state index contributed by atoms with van der Waals surface area (Å²) in [6, 6.07) is 0. The first-order valence-corrected chi connectivity index (χ1v) is 25.1. The average Bonchev–Trinajstić information content (AvgIpc) is 3.58. The molecule has 1 fully saturated rings. The summed E-state index contributed by atoms with van der Waals surface area (Å²) in [7, 11) is -4.85. The summed E-state index contributed by atoms with van der Waals surface area (Å²) in [5.41, 5.74) is 8.34. The Balaban J connectivity index is 1.88. The van der Waals surface area contributed by atoms with E-state index in [2.05, 4.69) is 117 Å². The molecule has 0 spiro atoms. The van der Waals surface area contributed by atoms with E-state index < -0.39 is 37.3 Å². The summed E-state index contributed by atoms with van der Waals surface area (Å²) < 4.78 is 32.2. The molecule has 0 radical (unpaired) electrons. The number of imidazole rings is 1. The van der Waals surface area contributed by atoms with Gasteiger partial charge in [0.2, 0.25) is 0 Å². The average molecular weight is 690 g/mol. The molecule has 0 aromatic carbocycles. The molecule has 0 amide bonds. The Hall–Kier alpha value is -1.95. The zero-order chi connectivity index (χ0) is 34.8. The molecule has 0 aliphatic carbocycles. The van der Waals surface area contributed by atoms with Gasteiger partial charge in [-0.05, 0) is 54.4 Å². The molecule has 1 saturated heterocycles. The van der Waals surface area contributed by atoms with Gasteiger partial charge < -0.3 is 23.7 Å². The van der Waals surface area contributed by atoms with Crippen molar-refractivity contribution in [3.63, 3.8) is 0 Å². The molecular weight excluding hydrogens is 631 g/mol. The van der Waals surface area contributed by atoms with E-state index in [4.69, 9.17) is 28.7 Å². The van der Waals surface area contributed by atoms with Crippen molar-refractivity contribution >= 4 is 41.9 Å². The molecule has 258 valence electrons. The van der Waals surface area contributed by atoms with Gasteiger partial charge in [0.05, 0.1) is 24.7 Å². The number of anilines is 1. The van der Waals surface area contributed by atoms with E-state index in [1.807, 2.05) is 17.8 Å². The molecule has 3 aromatic rings. The van der Waals surface area contributed by atoms with E-state index in [1.165, 1.54) is 0 Å². The molecule has 1 aliphatic heterocycles. The van der Waals surface area contributed by atoms with Crippen LogP contribution >= 0.6 is 0 Å². The van der Waals surface area contributed by atoms with E-state index in [0.29, 0.717) is 29.4 Å². The topological polar surface area (TPSA) is 124 Å². The lowest BCUT2D eigenvalue weighted by Crippen LogP contribution is -2.54. The van der Waals surface area contributed by atoms with Gasteiger partial charge in [-0.25, -0.2) is 15.0 Å². The van der Waals surface area contributed by atoms with Crippen LogP contribution in [0.5, 0.6) is 0 Å². The number of hydrogen-bond donors (Lipinski definition) is 1. The van der Waals surface area contributed by atoms with Crippen molar-refractivity contribution in [3.05, 3.63) is 18.7 Å². The number of aromatic nitrogens is 6. The van der Waals surface area contributed by atoms with Crippen LogP contribution in [0.25, 0.3) is 22.6 Å². The number of nitrogens with two attached hydrogens (primary N) is 1. The van der Waals surface area contributed by atoms with E-state index in [-0.39, 0.29) is 27.3 Å². The SMILES string of the molecule is Cn1cc(-c2nc(N)c3ncn(C4OC(CO[Si](C)(C)C(C)(C)C)C(O[Si](C)(C)C(C)(C)C)C4O[Si](C)(C)C(C)(C)C)c3n2)cn1. The number of nitrogen functional groups attached to an aromatic ring is 1. The number of hydrogen-bond acceptors (Lipinski definition) is 9. The first-order valence-electron chi connectivity index (χ1n) is 16.4. The molecule has 4 atom stereocenters. The van der Waals surface area contributed by atoms with Crippen molar-refractivity contribution in [2.75, 3.05) is 12.3 Å². The van der Waals surface area contributed by atoms with E-state index in [0.717, 1.165) is 5.56 Å². The normalized spacial score (nSPS) is 22.3. The van der Waals surface area contributed by atoms with Gasteiger partial charge in [0.25, 0.3) is 0 Å². The molecule has 4 rings (SSSR count). The Morgan fingerprint density at radius 3 is 1.87 bits per heavy atom. The van der Waals surface area contributed by atoms with E-state index in [9.17, 15) is 0 Å². The van der Waals surface area contributed by atoms with Gasteiger partial charge in [-0.15, -0.1) is 0 Å². The van der Waals surface area contributed by atoms with Crippen LogP contribution in [0.4, 0.5) is 5.82 Å². The van der Waals surface area contributed by atoms with Gasteiger partial charge in [0.15, 0.2) is 48.5 Å². The molecule has 4 heterocycles. The van der Waals surface area contributed by atoms with Crippen molar-refractivity contribution in [1.82, 2.24) is 29.3 Å². The molecule has 2 N–H and O–H groups in total. The van der Waals surface area contributed by atoms with Crippen LogP contribution in [0, 0.1) is 0 Å². The molecule has 4 unspecified atom stereocenters. The predicted octanol–water partition coefficient (Wildman–Crippen LogP) is 7.51. The van der Waals surface area contributed by atoms with Crippen LogP contribution in [0.15, 0.2) is 18.7 Å². The highest BCUT2D eigenvalue weighted by molar-refractivity contribution is 6.75. The van der Waals surface area contributed by atoms with Crippen LogP contribution in [-0.4, -0.2) is 79.2 Å². The molecule has 1 aliphatic rings. The van der Waals surface area contributed by atoms with Gasteiger partial charge in [-0.3, -0.25) is 9.25 Å². The van der Waals surface area contributed by atoms with Crippen LogP contribution in [0.2, 0.25) is 54.4 Å². The largest absolute Gasteiger partial charge is 0.414 e. The summed E-state index contributed by atoms with van der Waals surface area (Å²) in [5.74, 6) is 0.779. The smallest absolute Gasteiger partial charge is 0.192 e. The van der Waals surface area contributed by atoms with Crippen molar-refractivity contribution in [2.24, 2.45) is 7.05 Å². The Morgan fingerprint density at radius 2 is 1.37 bits per heavy atom. The first kappa shape index (κ1) is 36.9. The molecule has 0 bridgehead atoms. The van der Waals surface area contributed by atoms with Gasteiger partial charge in [-0.2, -0.15) is 5.10 Å². The number of aryl methyl sites for hydroxylation is 1. The highest BCUT2D eigenvalue weighted by Gasteiger charge is 2.55. The lowest BCUT2D eigenvalue weighted by atomic mass is 10.1. The van der Waals surface area contributed by atoms with Crippen LogP contribution in [-0.2, 0) is 25.1 Å². The molecule has 0 saturated carbocycles. The Bertz CT molecular complexity index is 1530. The minimum Gasteiger partial charge on any atom is -0.414 e. The molecule has 14 heteroatoms. The second-order valence-electron chi connectivity index (χ2n) is 17.5. The molecule has 46 heavy (non-hydrogen) atoms. The van der Waals surface area contributed by atoms with Crippen LogP contribution in [0.3, 0.4) is 0 Å². The number of nitrogens with zero attached hydrogens (tertiary/aromatic N) is 6. The van der Waals surface area contributed by atoms with Crippen molar-refractivity contribution in [2.45, 2.75) is 141 Å². The summed E-state index contributed by atoms with van der Waals surface area (Å²) in [6.45, 7) is 34.4. The summed E-state index contributed by atoms with van der Waals surface area (Å²) >= 11 is 0. The fourth-order valence-corrected chi connectivity index (χ4v) is 8.28. The van der Waals surface area contributed by atoms with E-state index in [1.54, 1.807) is 17.2 Å². The quantitative estimate of drug-likeness (QED) is 0.227.